The van der Waals surface area contributed by atoms with Crippen molar-refractivity contribution in [3.63, 3.8) is 0 Å². The predicted octanol–water partition coefficient (Wildman–Crippen LogP) is 2.54. The van der Waals surface area contributed by atoms with Crippen molar-refractivity contribution in [2.75, 3.05) is 29.5 Å². The Bertz CT molecular complexity index is 1010. The Kier molecular flexibility index (Phi) is 7.07. The molecule has 0 aliphatic rings. The van der Waals surface area contributed by atoms with Crippen molar-refractivity contribution in [2.24, 2.45) is 0 Å². The highest BCUT2D eigenvalue weighted by Gasteiger charge is 2.25. The summed E-state index contributed by atoms with van der Waals surface area (Å²) in [5.41, 5.74) is 5.90. The van der Waals surface area contributed by atoms with Gasteiger partial charge >= 0.3 is 5.69 Å². The number of anilines is 3. The molecule has 1 heterocycles. The van der Waals surface area contributed by atoms with Gasteiger partial charge in [0.1, 0.15) is 11.6 Å². The quantitative estimate of drug-likeness (QED) is 0.246. The third kappa shape index (κ3) is 5.62. The van der Waals surface area contributed by atoms with E-state index in [-0.39, 0.29) is 30.7 Å². The van der Waals surface area contributed by atoms with Crippen LogP contribution in [0.25, 0.3) is 0 Å². The van der Waals surface area contributed by atoms with Gasteiger partial charge in [0.2, 0.25) is 17.6 Å². The molecule has 0 aliphatic heterocycles. The van der Waals surface area contributed by atoms with Crippen molar-refractivity contribution in [2.45, 2.75) is 12.2 Å². The largest absolute Gasteiger partial charge is 0.387 e. The molecular formula is C20H20F2N6O4. The number of aliphatic hydroxyl groups is 2. The van der Waals surface area contributed by atoms with Gasteiger partial charge in [0.05, 0.1) is 17.1 Å². The summed E-state index contributed by atoms with van der Waals surface area (Å²) in [5, 5.41) is 37.5. The first-order valence-corrected chi connectivity index (χ1v) is 9.41. The minimum Gasteiger partial charge on any atom is -0.387 e. The van der Waals surface area contributed by atoms with Crippen molar-refractivity contribution >= 4 is 23.3 Å². The number of aromatic nitrogens is 2. The molecule has 2 aromatic carbocycles. The highest BCUT2D eigenvalue weighted by Crippen LogP contribution is 2.31. The van der Waals surface area contributed by atoms with Gasteiger partial charge in [-0.3, -0.25) is 10.1 Å². The standard InChI is InChI=1S/C20H20F2N6O4/c21-13-5-1-11(2-6-13)15(29)9-24-18-17(28(31)32)19(27-20(23)26-18)25-10-16(30)12-3-7-14(22)8-4-12/h1-8,15-16,29-30H,9-10H2,(H4,23,24,25,26,27)/t15-,16-/m1/s1. The average Bonchev–Trinajstić information content (AvgIpc) is 2.76. The van der Waals surface area contributed by atoms with Gasteiger partial charge in [-0.25, -0.2) is 8.78 Å². The number of nitrogens with two attached hydrogens (primary N) is 1. The fraction of sp³-hybridized carbons (Fsp3) is 0.200. The molecule has 0 radical (unpaired) electrons. The smallest absolute Gasteiger partial charge is 0.353 e. The molecule has 0 saturated heterocycles. The number of nitrogens with zero attached hydrogens (tertiary/aromatic N) is 3. The maximum absolute atomic E-state index is 13.0. The summed E-state index contributed by atoms with van der Waals surface area (Å²) in [6.45, 7) is -0.360. The van der Waals surface area contributed by atoms with E-state index in [9.17, 15) is 29.1 Å². The molecule has 0 amide bonds. The molecule has 12 heteroatoms. The van der Waals surface area contributed by atoms with Gasteiger partial charge in [-0.2, -0.15) is 9.97 Å². The predicted molar refractivity (Wildman–Crippen MR) is 113 cm³/mol. The third-order valence-corrected chi connectivity index (χ3v) is 4.52. The highest BCUT2D eigenvalue weighted by atomic mass is 19.1. The number of hydrogen-bond donors (Lipinski definition) is 5. The van der Waals surface area contributed by atoms with Crippen LogP contribution in [-0.2, 0) is 0 Å². The van der Waals surface area contributed by atoms with Gasteiger partial charge in [0.25, 0.3) is 0 Å². The van der Waals surface area contributed by atoms with Crippen LogP contribution in [-0.4, -0.2) is 38.2 Å². The molecule has 0 aliphatic carbocycles. The highest BCUT2D eigenvalue weighted by molar-refractivity contribution is 5.71. The Morgan fingerprint density at radius 1 is 0.875 bits per heavy atom. The lowest BCUT2D eigenvalue weighted by molar-refractivity contribution is -0.383. The summed E-state index contributed by atoms with van der Waals surface area (Å²) in [6.07, 6.45) is -2.22. The molecule has 0 bridgehead atoms. The second-order valence-corrected chi connectivity index (χ2v) is 6.78. The summed E-state index contributed by atoms with van der Waals surface area (Å²) in [4.78, 5) is 18.6. The van der Waals surface area contributed by atoms with E-state index in [0.717, 1.165) is 0 Å². The van der Waals surface area contributed by atoms with E-state index >= 15 is 0 Å². The zero-order chi connectivity index (χ0) is 23.3. The van der Waals surface area contributed by atoms with Crippen LogP contribution in [0.2, 0.25) is 0 Å². The molecule has 0 fully saturated rings. The number of hydrogen-bond acceptors (Lipinski definition) is 9. The molecule has 2 atom stereocenters. The molecule has 168 valence electrons. The van der Waals surface area contributed by atoms with E-state index in [1.807, 2.05) is 0 Å². The van der Waals surface area contributed by atoms with Gasteiger partial charge in [0.15, 0.2) is 0 Å². The SMILES string of the molecule is Nc1nc(NC[C@@H](O)c2ccc(F)cc2)c([N+](=O)[O-])c(NC[C@@H](O)c2ccc(F)cc2)n1. The number of aliphatic hydroxyl groups excluding tert-OH is 2. The van der Waals surface area contributed by atoms with Crippen molar-refractivity contribution in [1.82, 2.24) is 9.97 Å². The fourth-order valence-corrected chi connectivity index (χ4v) is 2.88. The zero-order valence-electron chi connectivity index (χ0n) is 16.6. The van der Waals surface area contributed by atoms with Crippen LogP contribution in [0.4, 0.5) is 32.1 Å². The first kappa shape index (κ1) is 22.8. The summed E-state index contributed by atoms with van der Waals surface area (Å²) in [5.74, 6) is -1.71. The van der Waals surface area contributed by atoms with Gasteiger partial charge < -0.3 is 26.6 Å². The Morgan fingerprint density at radius 2 is 1.25 bits per heavy atom. The molecule has 0 saturated carbocycles. The van der Waals surface area contributed by atoms with Crippen LogP contribution in [0.1, 0.15) is 23.3 Å². The zero-order valence-corrected chi connectivity index (χ0v) is 16.6. The van der Waals surface area contributed by atoms with Crippen molar-refractivity contribution in [3.8, 4) is 0 Å². The fourth-order valence-electron chi connectivity index (χ4n) is 2.88. The molecule has 10 nitrogen and oxygen atoms in total. The van der Waals surface area contributed by atoms with Gasteiger partial charge in [0, 0.05) is 13.1 Å². The second kappa shape index (κ2) is 9.94. The number of nitro groups is 1. The van der Waals surface area contributed by atoms with E-state index in [0.29, 0.717) is 11.1 Å². The minimum absolute atomic E-state index is 0.180. The number of halogens is 2. The molecule has 3 rings (SSSR count). The van der Waals surface area contributed by atoms with Crippen molar-refractivity contribution in [1.29, 1.82) is 0 Å². The first-order chi connectivity index (χ1) is 15.2. The average molecular weight is 446 g/mol. The summed E-state index contributed by atoms with van der Waals surface area (Å²) in [6, 6.07) is 10.2. The summed E-state index contributed by atoms with van der Waals surface area (Å²) < 4.78 is 26.1. The normalized spacial score (nSPS) is 12.8. The molecule has 1 aromatic heterocycles. The Hall–Kier alpha value is -3.90. The van der Waals surface area contributed by atoms with E-state index in [4.69, 9.17) is 5.73 Å². The van der Waals surface area contributed by atoms with E-state index < -0.39 is 34.5 Å². The van der Waals surface area contributed by atoms with Crippen LogP contribution >= 0.6 is 0 Å². The van der Waals surface area contributed by atoms with E-state index in [2.05, 4.69) is 20.6 Å². The number of benzene rings is 2. The number of nitrogen functional groups attached to an aromatic ring is 1. The van der Waals surface area contributed by atoms with Crippen LogP contribution in [0.3, 0.4) is 0 Å². The summed E-state index contributed by atoms with van der Waals surface area (Å²) in [7, 11) is 0. The molecule has 6 N–H and O–H groups in total. The monoisotopic (exact) mass is 446 g/mol. The maximum Gasteiger partial charge on any atom is 0.353 e. The van der Waals surface area contributed by atoms with E-state index in [1.54, 1.807) is 0 Å². The molecule has 32 heavy (non-hydrogen) atoms. The molecular weight excluding hydrogens is 426 g/mol. The number of nitrogens with one attached hydrogen (secondary N) is 2. The van der Waals surface area contributed by atoms with Crippen LogP contribution < -0.4 is 16.4 Å². The summed E-state index contributed by atoms with van der Waals surface area (Å²) >= 11 is 0. The maximum atomic E-state index is 13.0. The lowest BCUT2D eigenvalue weighted by atomic mass is 10.1. The lowest BCUT2D eigenvalue weighted by Gasteiger charge is -2.16. The first-order valence-electron chi connectivity index (χ1n) is 9.41. The van der Waals surface area contributed by atoms with E-state index in [1.165, 1.54) is 48.5 Å². The van der Waals surface area contributed by atoms with Gasteiger partial charge in [-0.1, -0.05) is 24.3 Å². The number of rotatable bonds is 9. The lowest BCUT2D eigenvalue weighted by Crippen LogP contribution is -2.18. The third-order valence-electron chi connectivity index (χ3n) is 4.52. The molecule has 0 spiro atoms. The van der Waals surface area contributed by atoms with Gasteiger partial charge in [-0.05, 0) is 35.4 Å². The Labute approximate surface area is 180 Å². The molecule has 0 unspecified atom stereocenters. The van der Waals surface area contributed by atoms with Crippen LogP contribution in [0, 0.1) is 21.7 Å². The Morgan fingerprint density at radius 3 is 1.59 bits per heavy atom. The molecule has 3 aromatic rings. The second-order valence-electron chi connectivity index (χ2n) is 6.78. The Balaban J connectivity index is 1.76. The van der Waals surface area contributed by atoms with Crippen molar-refractivity contribution in [3.05, 3.63) is 81.4 Å². The van der Waals surface area contributed by atoms with Gasteiger partial charge in [-0.15, -0.1) is 0 Å². The topological polar surface area (TPSA) is 159 Å². The van der Waals surface area contributed by atoms with Crippen molar-refractivity contribution < 1.29 is 23.9 Å². The van der Waals surface area contributed by atoms with Crippen LogP contribution in [0.5, 0.6) is 0 Å². The van der Waals surface area contributed by atoms with Crippen LogP contribution in [0.15, 0.2) is 48.5 Å². The minimum atomic E-state index is -1.11.